The van der Waals surface area contributed by atoms with Crippen molar-refractivity contribution in [2.75, 3.05) is 16.4 Å². The van der Waals surface area contributed by atoms with Crippen molar-refractivity contribution in [3.8, 4) is 11.1 Å². The normalized spacial score (nSPS) is 11.4. The number of amides is 2. The number of benzene rings is 3. The van der Waals surface area contributed by atoms with E-state index in [0.717, 1.165) is 15.1 Å². The summed E-state index contributed by atoms with van der Waals surface area (Å²) in [5.41, 5.74) is 9.62. The number of rotatable bonds is 7. The van der Waals surface area contributed by atoms with Gasteiger partial charge in [-0.2, -0.15) is 0 Å². The molecular formula is C27H24N4O4S. The standard InChI is InChI=1S/C27H24N4O4S/c1-19(32)29-23-6-4-5-22(17-23)21-10-12-24(13-11-21)36(34,35)31-16-15-20(18-31)9-14-27(33)30-26-8-3-2-7-25(26)28/h2-18H,28H2,1H3,(H,29,32)(H,30,33). The average Bonchev–Trinajstić information content (AvgIpc) is 3.34. The maximum absolute atomic E-state index is 13.1. The van der Waals surface area contributed by atoms with Crippen LogP contribution in [0.4, 0.5) is 17.1 Å². The lowest BCUT2D eigenvalue weighted by Gasteiger charge is -2.09. The molecule has 0 aliphatic carbocycles. The molecule has 8 nitrogen and oxygen atoms in total. The molecule has 0 unspecified atom stereocenters. The van der Waals surface area contributed by atoms with Gasteiger partial charge < -0.3 is 16.4 Å². The Kier molecular flexibility index (Phi) is 7.03. The third-order valence-electron chi connectivity index (χ3n) is 5.28. The zero-order valence-corrected chi connectivity index (χ0v) is 20.2. The van der Waals surface area contributed by atoms with Crippen molar-refractivity contribution in [1.29, 1.82) is 0 Å². The highest BCUT2D eigenvalue weighted by Gasteiger charge is 2.16. The summed E-state index contributed by atoms with van der Waals surface area (Å²) < 4.78 is 27.3. The number of hydrogen-bond donors (Lipinski definition) is 3. The minimum Gasteiger partial charge on any atom is -0.397 e. The molecule has 0 bridgehead atoms. The second-order valence-electron chi connectivity index (χ2n) is 7.98. The van der Waals surface area contributed by atoms with E-state index in [2.05, 4.69) is 10.6 Å². The Morgan fingerprint density at radius 3 is 2.36 bits per heavy atom. The molecule has 0 aliphatic heterocycles. The van der Waals surface area contributed by atoms with Crippen molar-refractivity contribution in [3.63, 3.8) is 0 Å². The summed E-state index contributed by atoms with van der Waals surface area (Å²) >= 11 is 0. The fourth-order valence-electron chi connectivity index (χ4n) is 3.52. The van der Waals surface area contributed by atoms with Crippen molar-refractivity contribution in [2.24, 2.45) is 0 Å². The third-order valence-corrected chi connectivity index (χ3v) is 6.93. The molecule has 4 N–H and O–H groups in total. The van der Waals surface area contributed by atoms with Gasteiger partial charge in [-0.05, 0) is 65.2 Å². The Hall–Kier alpha value is -4.63. The molecule has 2 amide bonds. The van der Waals surface area contributed by atoms with Crippen LogP contribution in [-0.2, 0) is 19.6 Å². The van der Waals surface area contributed by atoms with E-state index < -0.39 is 10.0 Å². The number of nitrogens with zero attached hydrogens (tertiary/aromatic N) is 1. The largest absolute Gasteiger partial charge is 0.397 e. The molecule has 3 aromatic carbocycles. The van der Waals surface area contributed by atoms with E-state index in [1.54, 1.807) is 48.5 Å². The van der Waals surface area contributed by atoms with Crippen LogP contribution in [0.25, 0.3) is 17.2 Å². The smallest absolute Gasteiger partial charge is 0.267 e. The Morgan fingerprint density at radius 2 is 1.64 bits per heavy atom. The molecule has 36 heavy (non-hydrogen) atoms. The van der Waals surface area contributed by atoms with E-state index in [9.17, 15) is 18.0 Å². The molecule has 0 aliphatic rings. The summed E-state index contributed by atoms with van der Waals surface area (Å²) in [5, 5.41) is 5.41. The van der Waals surface area contributed by atoms with Crippen molar-refractivity contribution in [1.82, 2.24) is 3.97 Å². The van der Waals surface area contributed by atoms with E-state index >= 15 is 0 Å². The number of carbonyl (C=O) groups excluding carboxylic acids is 2. The molecule has 4 rings (SSSR count). The zero-order valence-electron chi connectivity index (χ0n) is 19.4. The number of hydrogen-bond acceptors (Lipinski definition) is 5. The summed E-state index contributed by atoms with van der Waals surface area (Å²) in [7, 11) is -3.83. The van der Waals surface area contributed by atoms with Gasteiger partial charge in [0.1, 0.15) is 0 Å². The lowest BCUT2D eigenvalue weighted by molar-refractivity contribution is -0.114. The summed E-state index contributed by atoms with van der Waals surface area (Å²) in [4.78, 5) is 23.6. The Morgan fingerprint density at radius 1 is 0.889 bits per heavy atom. The van der Waals surface area contributed by atoms with Gasteiger partial charge >= 0.3 is 0 Å². The van der Waals surface area contributed by atoms with Crippen LogP contribution in [0.1, 0.15) is 12.5 Å². The van der Waals surface area contributed by atoms with E-state index in [0.29, 0.717) is 22.6 Å². The maximum Gasteiger partial charge on any atom is 0.267 e. The molecule has 1 aromatic heterocycles. The molecule has 0 saturated heterocycles. The molecule has 4 aromatic rings. The van der Waals surface area contributed by atoms with Gasteiger partial charge in [0.2, 0.25) is 11.8 Å². The van der Waals surface area contributed by atoms with Gasteiger partial charge in [-0.3, -0.25) is 9.59 Å². The SMILES string of the molecule is CC(=O)Nc1cccc(-c2ccc(S(=O)(=O)n3ccc(C=CC(=O)Nc4ccccc4N)c3)cc2)c1. The number of nitrogen functional groups attached to an aromatic ring is 1. The van der Waals surface area contributed by atoms with Crippen LogP contribution in [0.2, 0.25) is 0 Å². The molecule has 0 atom stereocenters. The molecule has 0 spiro atoms. The van der Waals surface area contributed by atoms with E-state index in [1.807, 2.05) is 18.2 Å². The molecule has 9 heteroatoms. The monoisotopic (exact) mass is 500 g/mol. The Balaban J connectivity index is 1.47. The van der Waals surface area contributed by atoms with Crippen LogP contribution < -0.4 is 16.4 Å². The molecule has 0 fully saturated rings. The first-order chi connectivity index (χ1) is 17.2. The van der Waals surface area contributed by atoms with E-state index in [-0.39, 0.29) is 16.7 Å². The lowest BCUT2D eigenvalue weighted by Crippen LogP contribution is -2.10. The van der Waals surface area contributed by atoms with Gasteiger partial charge in [0.25, 0.3) is 10.0 Å². The summed E-state index contributed by atoms with van der Waals surface area (Å²) in [6.07, 6.45) is 5.68. The summed E-state index contributed by atoms with van der Waals surface area (Å²) in [6.45, 7) is 1.44. The second-order valence-corrected chi connectivity index (χ2v) is 9.82. The molecular weight excluding hydrogens is 476 g/mol. The predicted octanol–water partition coefficient (Wildman–Crippen LogP) is 4.58. The van der Waals surface area contributed by atoms with Gasteiger partial charge in [0.15, 0.2) is 0 Å². The first-order valence-electron chi connectivity index (χ1n) is 11.0. The Labute approximate surface area is 209 Å². The fraction of sp³-hybridized carbons (Fsp3) is 0.0370. The number of anilines is 3. The van der Waals surface area contributed by atoms with E-state index in [4.69, 9.17) is 5.73 Å². The van der Waals surface area contributed by atoms with Gasteiger partial charge in [-0.25, -0.2) is 12.4 Å². The summed E-state index contributed by atoms with van der Waals surface area (Å²) in [6, 6.07) is 22.3. The van der Waals surface area contributed by atoms with Crippen molar-refractivity contribution >= 4 is 45.0 Å². The minimum absolute atomic E-state index is 0.118. The van der Waals surface area contributed by atoms with Gasteiger partial charge in [-0.15, -0.1) is 0 Å². The maximum atomic E-state index is 13.1. The second kappa shape index (κ2) is 10.3. The van der Waals surface area contributed by atoms with Crippen molar-refractivity contribution in [2.45, 2.75) is 11.8 Å². The number of carbonyl (C=O) groups is 2. The van der Waals surface area contributed by atoms with Crippen molar-refractivity contribution in [3.05, 3.63) is 103 Å². The Bertz CT molecular complexity index is 1550. The molecule has 1 heterocycles. The van der Waals surface area contributed by atoms with Gasteiger partial charge in [-0.1, -0.05) is 36.4 Å². The first kappa shape index (κ1) is 24.5. The molecule has 182 valence electrons. The number of aromatic nitrogens is 1. The topological polar surface area (TPSA) is 123 Å². The van der Waals surface area contributed by atoms with Crippen LogP contribution in [-0.4, -0.2) is 24.2 Å². The number of nitrogens with one attached hydrogen (secondary N) is 2. The number of para-hydroxylation sites is 2. The van der Waals surface area contributed by atoms with E-state index in [1.165, 1.54) is 43.6 Å². The molecule has 0 saturated carbocycles. The first-order valence-corrected chi connectivity index (χ1v) is 12.4. The average molecular weight is 501 g/mol. The van der Waals surface area contributed by atoms with Crippen LogP contribution in [0.3, 0.4) is 0 Å². The highest BCUT2D eigenvalue weighted by molar-refractivity contribution is 7.90. The number of nitrogens with two attached hydrogens (primary N) is 1. The zero-order chi connectivity index (χ0) is 25.7. The third kappa shape index (κ3) is 5.70. The van der Waals surface area contributed by atoms with Gasteiger partial charge in [0.05, 0.1) is 16.3 Å². The van der Waals surface area contributed by atoms with Crippen molar-refractivity contribution < 1.29 is 18.0 Å². The highest BCUT2D eigenvalue weighted by Crippen LogP contribution is 2.25. The van der Waals surface area contributed by atoms with Gasteiger partial charge in [0, 0.05) is 31.1 Å². The fourth-order valence-corrected chi connectivity index (χ4v) is 4.72. The summed E-state index contributed by atoms with van der Waals surface area (Å²) in [5.74, 6) is -0.558. The lowest BCUT2D eigenvalue weighted by atomic mass is 10.1. The minimum atomic E-state index is -3.83. The highest BCUT2D eigenvalue weighted by atomic mass is 32.2. The van der Waals surface area contributed by atoms with Crippen LogP contribution in [0.5, 0.6) is 0 Å². The predicted molar refractivity (Wildman–Crippen MR) is 142 cm³/mol. The quantitative estimate of drug-likeness (QED) is 0.253. The molecule has 0 radical (unpaired) electrons. The van der Waals surface area contributed by atoms with Crippen LogP contribution in [0, 0.1) is 0 Å². The van der Waals surface area contributed by atoms with Crippen LogP contribution >= 0.6 is 0 Å². The van der Waals surface area contributed by atoms with Crippen LogP contribution in [0.15, 0.2) is 102 Å².